The Balaban J connectivity index is 2.20. The van der Waals surface area contributed by atoms with Crippen LogP contribution in [0.2, 0.25) is 0 Å². The highest BCUT2D eigenvalue weighted by Crippen LogP contribution is 2.38. The summed E-state index contributed by atoms with van der Waals surface area (Å²) >= 11 is 0. The average Bonchev–Trinajstić information content (AvgIpc) is 2.70. The Morgan fingerprint density at radius 2 is 1.95 bits per heavy atom. The Bertz CT molecular complexity index is 750. The monoisotopic (exact) mass is 298 g/mol. The largest absolute Gasteiger partial charge is 0.489 e. The van der Waals surface area contributed by atoms with E-state index in [2.05, 4.69) is 0 Å². The fraction of sp³-hybridized carbons (Fsp3) is 0.176. The second-order valence-electron chi connectivity index (χ2n) is 5.00. The van der Waals surface area contributed by atoms with Crippen LogP contribution in [0.4, 0.5) is 0 Å². The summed E-state index contributed by atoms with van der Waals surface area (Å²) in [7, 11) is 1.29. The molecule has 1 aliphatic heterocycles. The number of ether oxygens (including phenoxy) is 2. The van der Waals surface area contributed by atoms with Crippen molar-refractivity contribution in [3.05, 3.63) is 64.7 Å². The highest BCUT2D eigenvalue weighted by atomic mass is 16.5. The molecule has 2 aromatic carbocycles. The second kappa shape index (κ2) is 5.52. The SMILES string of the molecule is COC(=O)c1ccc2c(c1)[C@@H](C(=O)O)c1ccccc1CO2. The number of methoxy groups -OCH3 is 1. The maximum atomic E-state index is 11.8. The van der Waals surface area contributed by atoms with E-state index in [1.807, 2.05) is 12.1 Å². The van der Waals surface area contributed by atoms with Crippen molar-refractivity contribution in [3.8, 4) is 5.75 Å². The van der Waals surface area contributed by atoms with E-state index in [0.717, 1.165) is 5.56 Å². The molecular formula is C17H14O5. The maximum Gasteiger partial charge on any atom is 0.337 e. The van der Waals surface area contributed by atoms with Crippen LogP contribution in [-0.2, 0) is 16.1 Å². The molecule has 0 saturated heterocycles. The molecule has 0 spiro atoms. The summed E-state index contributed by atoms with van der Waals surface area (Å²) in [6.45, 7) is 0.296. The van der Waals surface area contributed by atoms with Gasteiger partial charge in [-0.25, -0.2) is 4.79 Å². The van der Waals surface area contributed by atoms with E-state index in [9.17, 15) is 14.7 Å². The number of aliphatic carboxylic acids is 1. The van der Waals surface area contributed by atoms with Crippen molar-refractivity contribution in [2.45, 2.75) is 12.5 Å². The first-order valence-corrected chi connectivity index (χ1v) is 6.77. The third kappa shape index (κ3) is 2.30. The third-order valence-corrected chi connectivity index (χ3v) is 3.74. The lowest BCUT2D eigenvalue weighted by molar-refractivity contribution is -0.137. The average molecular weight is 298 g/mol. The number of carboxylic acid groups (broad SMARTS) is 1. The van der Waals surface area contributed by atoms with Gasteiger partial charge < -0.3 is 14.6 Å². The van der Waals surface area contributed by atoms with E-state index >= 15 is 0 Å². The molecule has 0 fully saturated rings. The summed E-state index contributed by atoms with van der Waals surface area (Å²) in [5, 5.41) is 9.67. The van der Waals surface area contributed by atoms with Gasteiger partial charge in [0.15, 0.2) is 0 Å². The first-order chi connectivity index (χ1) is 10.6. The minimum atomic E-state index is -0.985. The minimum absolute atomic E-state index is 0.296. The minimum Gasteiger partial charge on any atom is -0.489 e. The van der Waals surface area contributed by atoms with Gasteiger partial charge in [0.1, 0.15) is 18.3 Å². The molecule has 1 heterocycles. The molecule has 5 nitrogen and oxygen atoms in total. The van der Waals surface area contributed by atoms with Crippen molar-refractivity contribution in [1.29, 1.82) is 0 Å². The van der Waals surface area contributed by atoms with Crippen molar-refractivity contribution in [3.63, 3.8) is 0 Å². The van der Waals surface area contributed by atoms with Crippen LogP contribution in [0.3, 0.4) is 0 Å². The number of carboxylic acids is 1. The molecule has 5 heteroatoms. The number of hydrogen-bond donors (Lipinski definition) is 1. The number of carbonyl (C=O) groups excluding carboxylic acids is 1. The number of fused-ring (bicyclic) bond motifs is 2. The van der Waals surface area contributed by atoms with E-state index in [-0.39, 0.29) is 0 Å². The molecule has 1 aliphatic rings. The number of benzene rings is 2. The van der Waals surface area contributed by atoms with Crippen molar-refractivity contribution in [1.82, 2.24) is 0 Å². The zero-order chi connectivity index (χ0) is 15.7. The highest BCUT2D eigenvalue weighted by molar-refractivity contribution is 5.91. The highest BCUT2D eigenvalue weighted by Gasteiger charge is 2.31. The van der Waals surface area contributed by atoms with Crippen LogP contribution in [0, 0.1) is 0 Å². The van der Waals surface area contributed by atoms with Gasteiger partial charge >= 0.3 is 11.9 Å². The Kier molecular flexibility index (Phi) is 3.55. The molecule has 0 radical (unpaired) electrons. The van der Waals surface area contributed by atoms with Gasteiger partial charge in [0.05, 0.1) is 12.7 Å². The smallest absolute Gasteiger partial charge is 0.337 e. The molecule has 1 atom stereocenters. The second-order valence-corrected chi connectivity index (χ2v) is 5.00. The Labute approximate surface area is 127 Å². The lowest BCUT2D eigenvalue weighted by atomic mass is 9.88. The number of esters is 1. The van der Waals surface area contributed by atoms with Crippen LogP contribution in [0.25, 0.3) is 0 Å². The van der Waals surface area contributed by atoms with E-state index in [1.165, 1.54) is 13.2 Å². The normalized spacial score (nSPS) is 15.8. The third-order valence-electron chi connectivity index (χ3n) is 3.74. The van der Waals surface area contributed by atoms with Gasteiger partial charge in [-0.1, -0.05) is 24.3 Å². The van der Waals surface area contributed by atoms with Gasteiger partial charge in [-0.2, -0.15) is 0 Å². The van der Waals surface area contributed by atoms with Gasteiger partial charge in [-0.05, 0) is 29.3 Å². The summed E-state index contributed by atoms with van der Waals surface area (Å²) in [5.41, 5.74) is 2.26. The summed E-state index contributed by atoms with van der Waals surface area (Å²) in [6, 6.07) is 12.0. The van der Waals surface area contributed by atoms with E-state index in [0.29, 0.717) is 29.0 Å². The molecule has 0 unspecified atom stereocenters. The molecule has 0 amide bonds. The summed E-state index contributed by atoms with van der Waals surface area (Å²) < 4.78 is 10.4. The topological polar surface area (TPSA) is 72.8 Å². The Morgan fingerprint density at radius 3 is 2.68 bits per heavy atom. The first-order valence-electron chi connectivity index (χ1n) is 6.77. The van der Waals surface area contributed by atoms with Crippen molar-refractivity contribution in [2.75, 3.05) is 7.11 Å². The van der Waals surface area contributed by atoms with Gasteiger partial charge in [0.25, 0.3) is 0 Å². The number of carbonyl (C=O) groups is 2. The van der Waals surface area contributed by atoms with Crippen LogP contribution in [0.1, 0.15) is 33.0 Å². The standard InChI is InChI=1S/C17H14O5/c1-21-17(20)10-6-7-14-13(8-10)15(16(18)19)12-5-3-2-4-11(12)9-22-14/h2-8,15H,9H2,1H3,(H,18,19)/t15-/m0/s1. The molecule has 22 heavy (non-hydrogen) atoms. The zero-order valence-electron chi connectivity index (χ0n) is 11.9. The van der Waals surface area contributed by atoms with Crippen LogP contribution in [0.15, 0.2) is 42.5 Å². The van der Waals surface area contributed by atoms with Crippen LogP contribution < -0.4 is 4.74 Å². The van der Waals surface area contributed by atoms with E-state index in [1.54, 1.807) is 24.3 Å². The zero-order valence-corrected chi connectivity index (χ0v) is 11.9. The van der Waals surface area contributed by atoms with Crippen LogP contribution in [-0.4, -0.2) is 24.2 Å². The van der Waals surface area contributed by atoms with Crippen LogP contribution in [0.5, 0.6) is 5.75 Å². The number of hydrogen-bond acceptors (Lipinski definition) is 4. The molecule has 1 N–H and O–H groups in total. The molecule has 0 saturated carbocycles. The summed E-state index contributed by atoms with van der Waals surface area (Å²) in [5.74, 6) is -1.90. The number of rotatable bonds is 2. The molecule has 3 rings (SSSR count). The molecule has 2 aromatic rings. The maximum absolute atomic E-state index is 11.8. The molecule has 0 bridgehead atoms. The van der Waals surface area contributed by atoms with Gasteiger partial charge in [0, 0.05) is 5.56 Å². The van der Waals surface area contributed by atoms with Crippen molar-refractivity contribution < 1.29 is 24.2 Å². The lowest BCUT2D eigenvalue weighted by Crippen LogP contribution is -2.14. The lowest BCUT2D eigenvalue weighted by Gasteiger charge is -2.15. The fourth-order valence-electron chi connectivity index (χ4n) is 2.69. The van der Waals surface area contributed by atoms with Gasteiger partial charge in [-0.15, -0.1) is 0 Å². The Hall–Kier alpha value is -2.82. The molecule has 0 aromatic heterocycles. The van der Waals surface area contributed by atoms with Gasteiger partial charge in [-0.3, -0.25) is 4.79 Å². The fourth-order valence-corrected chi connectivity index (χ4v) is 2.69. The summed E-state index contributed by atoms with van der Waals surface area (Å²) in [6.07, 6.45) is 0. The Morgan fingerprint density at radius 1 is 1.18 bits per heavy atom. The van der Waals surface area contributed by atoms with Crippen LogP contribution >= 0.6 is 0 Å². The molecule has 0 aliphatic carbocycles. The molecular weight excluding hydrogens is 284 g/mol. The van der Waals surface area contributed by atoms with E-state index < -0.39 is 17.9 Å². The summed E-state index contributed by atoms with van der Waals surface area (Å²) in [4.78, 5) is 23.5. The van der Waals surface area contributed by atoms with Gasteiger partial charge in [0.2, 0.25) is 0 Å². The van der Waals surface area contributed by atoms with Crippen molar-refractivity contribution >= 4 is 11.9 Å². The van der Waals surface area contributed by atoms with Crippen molar-refractivity contribution in [2.24, 2.45) is 0 Å². The first kappa shape index (κ1) is 14.1. The predicted octanol–water partition coefficient (Wildman–Crippen LogP) is 2.58. The molecule has 112 valence electrons. The predicted molar refractivity (Wildman–Crippen MR) is 78.0 cm³/mol. The van der Waals surface area contributed by atoms with E-state index in [4.69, 9.17) is 9.47 Å². The quantitative estimate of drug-likeness (QED) is 0.863.